The fourth-order valence-electron chi connectivity index (χ4n) is 1.57. The lowest BCUT2D eigenvalue weighted by atomic mass is 9.95. The molecule has 0 aromatic rings. The quantitative estimate of drug-likeness (QED) is 0.596. The van der Waals surface area contributed by atoms with E-state index in [-0.39, 0.29) is 6.10 Å². The summed E-state index contributed by atoms with van der Waals surface area (Å²) >= 11 is 0. The minimum Gasteiger partial charge on any atom is -0.480 e. The first-order chi connectivity index (χ1) is 7.46. The summed E-state index contributed by atoms with van der Waals surface area (Å²) in [6.45, 7) is 6.46. The second-order valence-corrected chi connectivity index (χ2v) is 4.48. The zero-order valence-electron chi connectivity index (χ0n) is 10.9. The molecule has 0 aliphatic heterocycles. The molecular formula is C12H25NO3. The molecule has 96 valence electrons. The SMILES string of the molecule is CCCCCOC(C)CC(C)(NC)C(=O)O. The van der Waals surface area contributed by atoms with Gasteiger partial charge in [-0.15, -0.1) is 0 Å². The van der Waals surface area contributed by atoms with Crippen molar-refractivity contribution < 1.29 is 14.6 Å². The van der Waals surface area contributed by atoms with Crippen LogP contribution in [0.2, 0.25) is 0 Å². The number of aliphatic carboxylic acids is 1. The fourth-order valence-corrected chi connectivity index (χ4v) is 1.57. The minimum absolute atomic E-state index is 0.0367. The summed E-state index contributed by atoms with van der Waals surface area (Å²) in [6, 6.07) is 0. The Morgan fingerprint density at radius 1 is 1.50 bits per heavy atom. The van der Waals surface area contributed by atoms with Crippen LogP contribution in [-0.4, -0.2) is 36.4 Å². The van der Waals surface area contributed by atoms with Gasteiger partial charge in [0.05, 0.1) is 6.10 Å². The number of carboxylic acids is 1. The highest BCUT2D eigenvalue weighted by Gasteiger charge is 2.33. The Morgan fingerprint density at radius 2 is 2.12 bits per heavy atom. The van der Waals surface area contributed by atoms with Crippen molar-refractivity contribution in [1.29, 1.82) is 0 Å². The van der Waals surface area contributed by atoms with Crippen molar-refractivity contribution in [3.8, 4) is 0 Å². The molecule has 16 heavy (non-hydrogen) atoms. The van der Waals surface area contributed by atoms with Gasteiger partial charge in [-0.1, -0.05) is 19.8 Å². The summed E-state index contributed by atoms with van der Waals surface area (Å²) in [5.74, 6) is -0.834. The molecule has 2 unspecified atom stereocenters. The summed E-state index contributed by atoms with van der Waals surface area (Å²) in [5, 5.41) is 11.9. The standard InChI is InChI=1S/C12H25NO3/c1-5-6-7-8-16-10(2)9-12(3,13-4)11(14)15/h10,13H,5-9H2,1-4H3,(H,14,15). The largest absolute Gasteiger partial charge is 0.480 e. The van der Waals surface area contributed by atoms with Gasteiger partial charge in [-0.05, 0) is 27.3 Å². The molecule has 0 radical (unpaired) electrons. The van der Waals surface area contributed by atoms with Gasteiger partial charge in [0.25, 0.3) is 0 Å². The van der Waals surface area contributed by atoms with Crippen LogP contribution in [0.1, 0.15) is 46.5 Å². The lowest BCUT2D eigenvalue weighted by molar-refractivity contribution is -0.145. The van der Waals surface area contributed by atoms with E-state index in [1.807, 2.05) is 6.92 Å². The number of carbonyl (C=O) groups is 1. The molecule has 0 heterocycles. The van der Waals surface area contributed by atoms with Gasteiger partial charge in [-0.3, -0.25) is 4.79 Å². The lowest BCUT2D eigenvalue weighted by Gasteiger charge is -2.27. The molecule has 4 nitrogen and oxygen atoms in total. The van der Waals surface area contributed by atoms with E-state index in [0.29, 0.717) is 13.0 Å². The number of hydrogen-bond acceptors (Lipinski definition) is 3. The van der Waals surface area contributed by atoms with Crippen molar-refractivity contribution in [3.05, 3.63) is 0 Å². The first-order valence-corrected chi connectivity index (χ1v) is 6.00. The molecule has 0 amide bonds. The molecule has 0 fully saturated rings. The number of likely N-dealkylation sites (N-methyl/N-ethyl adjacent to an activating group) is 1. The van der Waals surface area contributed by atoms with Crippen LogP contribution < -0.4 is 5.32 Å². The van der Waals surface area contributed by atoms with E-state index in [1.165, 1.54) is 6.42 Å². The maximum absolute atomic E-state index is 11.0. The Hall–Kier alpha value is -0.610. The van der Waals surface area contributed by atoms with Crippen LogP contribution in [0.25, 0.3) is 0 Å². The van der Waals surface area contributed by atoms with Gasteiger partial charge in [-0.25, -0.2) is 0 Å². The molecule has 0 saturated carbocycles. The van der Waals surface area contributed by atoms with Crippen molar-refractivity contribution in [2.45, 2.75) is 58.1 Å². The molecule has 0 spiro atoms. The molecule has 4 heteroatoms. The van der Waals surface area contributed by atoms with Crippen LogP contribution in [0, 0.1) is 0 Å². The summed E-state index contributed by atoms with van der Waals surface area (Å²) in [4.78, 5) is 11.0. The third kappa shape index (κ3) is 5.47. The normalized spacial score (nSPS) is 16.8. The van der Waals surface area contributed by atoms with Crippen LogP contribution in [0.3, 0.4) is 0 Å². The number of ether oxygens (including phenoxy) is 1. The Balaban J connectivity index is 3.92. The topological polar surface area (TPSA) is 58.6 Å². The summed E-state index contributed by atoms with van der Waals surface area (Å²) in [7, 11) is 1.66. The van der Waals surface area contributed by atoms with Crippen LogP contribution in [0.4, 0.5) is 0 Å². The molecule has 2 N–H and O–H groups in total. The van der Waals surface area contributed by atoms with Gasteiger partial charge in [0, 0.05) is 13.0 Å². The van der Waals surface area contributed by atoms with E-state index in [0.717, 1.165) is 12.8 Å². The van der Waals surface area contributed by atoms with E-state index < -0.39 is 11.5 Å². The van der Waals surface area contributed by atoms with Crippen molar-refractivity contribution in [1.82, 2.24) is 5.32 Å². The van der Waals surface area contributed by atoms with Crippen molar-refractivity contribution in [2.75, 3.05) is 13.7 Å². The minimum atomic E-state index is -0.899. The van der Waals surface area contributed by atoms with Crippen LogP contribution in [0.15, 0.2) is 0 Å². The maximum atomic E-state index is 11.0. The molecular weight excluding hydrogens is 206 g/mol. The number of unbranched alkanes of at least 4 members (excludes halogenated alkanes) is 2. The van der Waals surface area contributed by atoms with Gasteiger partial charge in [0.15, 0.2) is 0 Å². The number of carboxylic acid groups (broad SMARTS) is 1. The number of nitrogens with one attached hydrogen (secondary N) is 1. The number of rotatable bonds is 9. The van der Waals surface area contributed by atoms with Crippen LogP contribution in [0.5, 0.6) is 0 Å². The van der Waals surface area contributed by atoms with Gasteiger partial charge in [0.2, 0.25) is 0 Å². The average Bonchev–Trinajstić information content (AvgIpc) is 2.24. The highest BCUT2D eigenvalue weighted by molar-refractivity contribution is 5.78. The lowest BCUT2D eigenvalue weighted by Crippen LogP contribution is -2.49. The molecule has 0 aliphatic rings. The second kappa shape index (κ2) is 7.63. The summed E-state index contributed by atoms with van der Waals surface area (Å²) in [6.07, 6.45) is 3.82. The molecule has 0 aliphatic carbocycles. The van der Waals surface area contributed by atoms with E-state index in [1.54, 1.807) is 14.0 Å². The van der Waals surface area contributed by atoms with E-state index in [9.17, 15) is 4.79 Å². The van der Waals surface area contributed by atoms with Gasteiger partial charge in [0.1, 0.15) is 5.54 Å². The van der Waals surface area contributed by atoms with Gasteiger partial charge in [-0.2, -0.15) is 0 Å². The first-order valence-electron chi connectivity index (χ1n) is 6.00. The summed E-state index contributed by atoms with van der Waals surface area (Å²) in [5.41, 5.74) is -0.899. The van der Waals surface area contributed by atoms with Crippen molar-refractivity contribution >= 4 is 5.97 Å². The predicted molar refractivity (Wildman–Crippen MR) is 64.7 cm³/mol. The Kier molecular flexibility index (Phi) is 7.34. The highest BCUT2D eigenvalue weighted by atomic mass is 16.5. The zero-order valence-corrected chi connectivity index (χ0v) is 10.9. The maximum Gasteiger partial charge on any atom is 0.323 e. The Morgan fingerprint density at radius 3 is 2.56 bits per heavy atom. The Labute approximate surface area is 98.4 Å². The van der Waals surface area contributed by atoms with E-state index in [4.69, 9.17) is 9.84 Å². The highest BCUT2D eigenvalue weighted by Crippen LogP contribution is 2.14. The third-order valence-corrected chi connectivity index (χ3v) is 2.87. The van der Waals surface area contributed by atoms with Gasteiger partial charge < -0.3 is 15.2 Å². The first kappa shape index (κ1) is 15.4. The van der Waals surface area contributed by atoms with Crippen LogP contribution in [-0.2, 0) is 9.53 Å². The smallest absolute Gasteiger partial charge is 0.323 e. The molecule has 0 saturated heterocycles. The predicted octanol–water partition coefficient (Wildman–Crippen LogP) is 2.03. The van der Waals surface area contributed by atoms with Gasteiger partial charge >= 0.3 is 5.97 Å². The fraction of sp³-hybridized carbons (Fsp3) is 0.917. The van der Waals surface area contributed by atoms with E-state index >= 15 is 0 Å². The van der Waals surface area contributed by atoms with Crippen molar-refractivity contribution in [3.63, 3.8) is 0 Å². The molecule has 0 aromatic heterocycles. The molecule has 0 bridgehead atoms. The second-order valence-electron chi connectivity index (χ2n) is 4.48. The Bertz CT molecular complexity index is 208. The average molecular weight is 231 g/mol. The molecule has 0 aromatic carbocycles. The van der Waals surface area contributed by atoms with Crippen molar-refractivity contribution in [2.24, 2.45) is 0 Å². The molecule has 2 atom stereocenters. The third-order valence-electron chi connectivity index (χ3n) is 2.87. The summed E-state index contributed by atoms with van der Waals surface area (Å²) < 4.78 is 5.59. The van der Waals surface area contributed by atoms with E-state index in [2.05, 4.69) is 12.2 Å². The molecule has 0 rings (SSSR count). The monoisotopic (exact) mass is 231 g/mol. The number of hydrogen-bond donors (Lipinski definition) is 2. The van der Waals surface area contributed by atoms with Crippen LogP contribution >= 0.6 is 0 Å². The zero-order chi connectivity index (χ0) is 12.6.